The highest BCUT2D eigenvalue weighted by molar-refractivity contribution is 5.29. The number of rotatable bonds is 6. The molecule has 0 aliphatic carbocycles. The van der Waals surface area contributed by atoms with Crippen LogP contribution in [0, 0.1) is 5.92 Å². The van der Waals surface area contributed by atoms with E-state index in [2.05, 4.69) is 20.5 Å². The van der Waals surface area contributed by atoms with Crippen LogP contribution in [-0.2, 0) is 0 Å². The van der Waals surface area contributed by atoms with Gasteiger partial charge in [0.25, 0.3) is 0 Å². The van der Waals surface area contributed by atoms with Crippen molar-refractivity contribution >= 4 is 11.9 Å². The second kappa shape index (κ2) is 5.43. The third-order valence-electron chi connectivity index (χ3n) is 1.97. The summed E-state index contributed by atoms with van der Waals surface area (Å²) in [6.07, 6.45) is 1.97. The number of aromatic nitrogens is 3. The molecule has 0 aliphatic heterocycles. The number of hydrogen-bond donors (Lipinski definition) is 4. The van der Waals surface area contributed by atoms with Gasteiger partial charge in [-0.05, 0) is 18.8 Å². The minimum Gasteiger partial charge on any atom is -0.396 e. The van der Waals surface area contributed by atoms with Gasteiger partial charge in [0.1, 0.15) is 0 Å². The van der Waals surface area contributed by atoms with Crippen molar-refractivity contribution in [2.24, 2.45) is 5.92 Å². The fourth-order valence-electron chi connectivity index (χ4n) is 1.10. The van der Waals surface area contributed by atoms with Crippen molar-refractivity contribution in [1.82, 2.24) is 15.2 Å². The SMILES string of the molecule is CC(CO)CCCNc1n[nH]c(N)n1. The summed E-state index contributed by atoms with van der Waals surface area (Å²) in [5.74, 6) is 1.20. The average Bonchev–Trinajstić information content (AvgIpc) is 2.58. The summed E-state index contributed by atoms with van der Waals surface area (Å²) in [6, 6.07) is 0. The van der Waals surface area contributed by atoms with Crippen molar-refractivity contribution in [1.29, 1.82) is 0 Å². The zero-order chi connectivity index (χ0) is 10.4. The summed E-state index contributed by atoms with van der Waals surface area (Å²) in [5, 5.41) is 18.2. The predicted octanol–water partition coefficient (Wildman–Crippen LogP) is 0.207. The Kier molecular flexibility index (Phi) is 4.18. The Balaban J connectivity index is 2.10. The Bertz CT molecular complexity index is 262. The van der Waals surface area contributed by atoms with Crippen LogP contribution in [0.25, 0.3) is 0 Å². The molecule has 0 bridgehead atoms. The number of H-pyrrole nitrogens is 1. The molecule has 1 aromatic heterocycles. The molecule has 1 rings (SSSR count). The number of hydrogen-bond acceptors (Lipinski definition) is 5. The van der Waals surface area contributed by atoms with Gasteiger partial charge < -0.3 is 16.2 Å². The molecule has 0 spiro atoms. The van der Waals surface area contributed by atoms with Crippen molar-refractivity contribution in [3.63, 3.8) is 0 Å². The van der Waals surface area contributed by atoms with Crippen LogP contribution in [0.15, 0.2) is 0 Å². The third-order valence-corrected chi connectivity index (χ3v) is 1.97. The van der Waals surface area contributed by atoms with E-state index < -0.39 is 0 Å². The van der Waals surface area contributed by atoms with Gasteiger partial charge in [-0.1, -0.05) is 6.92 Å². The van der Waals surface area contributed by atoms with Gasteiger partial charge >= 0.3 is 0 Å². The second-order valence-corrected chi connectivity index (χ2v) is 3.40. The maximum absolute atomic E-state index is 8.79. The molecule has 0 radical (unpaired) electrons. The van der Waals surface area contributed by atoms with E-state index in [1.54, 1.807) is 0 Å². The molecular weight excluding hydrogens is 182 g/mol. The molecule has 0 saturated heterocycles. The van der Waals surface area contributed by atoms with E-state index in [0.717, 1.165) is 19.4 Å². The van der Waals surface area contributed by atoms with Crippen LogP contribution in [-0.4, -0.2) is 33.4 Å². The molecule has 5 N–H and O–H groups in total. The topological polar surface area (TPSA) is 99.8 Å². The molecule has 1 atom stereocenters. The Hall–Kier alpha value is -1.30. The highest BCUT2D eigenvalue weighted by Gasteiger charge is 2.01. The van der Waals surface area contributed by atoms with E-state index in [-0.39, 0.29) is 6.61 Å². The van der Waals surface area contributed by atoms with Crippen molar-refractivity contribution in [2.75, 3.05) is 24.2 Å². The van der Waals surface area contributed by atoms with E-state index in [9.17, 15) is 0 Å². The van der Waals surface area contributed by atoms with E-state index in [0.29, 0.717) is 17.8 Å². The first-order chi connectivity index (χ1) is 6.72. The molecule has 0 amide bonds. The van der Waals surface area contributed by atoms with Gasteiger partial charge in [0.2, 0.25) is 11.9 Å². The fraction of sp³-hybridized carbons (Fsp3) is 0.750. The molecule has 1 aromatic rings. The molecule has 1 heterocycles. The van der Waals surface area contributed by atoms with Crippen LogP contribution in [0.5, 0.6) is 0 Å². The number of aliphatic hydroxyl groups is 1. The van der Waals surface area contributed by atoms with Crippen LogP contribution in [0.4, 0.5) is 11.9 Å². The van der Waals surface area contributed by atoms with E-state index in [1.807, 2.05) is 6.92 Å². The van der Waals surface area contributed by atoms with Crippen LogP contribution in [0.3, 0.4) is 0 Å². The van der Waals surface area contributed by atoms with Gasteiger partial charge in [0, 0.05) is 13.2 Å². The molecule has 0 aromatic carbocycles. The van der Waals surface area contributed by atoms with Crippen LogP contribution >= 0.6 is 0 Å². The Morgan fingerprint density at radius 3 is 3.00 bits per heavy atom. The van der Waals surface area contributed by atoms with Gasteiger partial charge in [-0.3, -0.25) is 0 Å². The number of nitrogens with one attached hydrogen (secondary N) is 2. The lowest BCUT2D eigenvalue weighted by Crippen LogP contribution is -2.07. The van der Waals surface area contributed by atoms with Crippen LogP contribution in [0.1, 0.15) is 19.8 Å². The quantitative estimate of drug-likeness (QED) is 0.491. The number of aromatic amines is 1. The highest BCUT2D eigenvalue weighted by atomic mass is 16.3. The first kappa shape index (κ1) is 10.8. The molecule has 6 heteroatoms. The molecular formula is C8H17N5O. The minimum absolute atomic E-state index is 0.244. The minimum atomic E-state index is 0.244. The van der Waals surface area contributed by atoms with Crippen LogP contribution in [0.2, 0.25) is 0 Å². The highest BCUT2D eigenvalue weighted by Crippen LogP contribution is 2.05. The van der Waals surface area contributed by atoms with Crippen molar-refractivity contribution in [2.45, 2.75) is 19.8 Å². The predicted molar refractivity (Wildman–Crippen MR) is 54.8 cm³/mol. The lowest BCUT2D eigenvalue weighted by molar-refractivity contribution is 0.229. The lowest BCUT2D eigenvalue weighted by atomic mass is 10.1. The summed E-state index contributed by atoms with van der Waals surface area (Å²) in [5.41, 5.74) is 5.35. The van der Waals surface area contributed by atoms with Crippen molar-refractivity contribution < 1.29 is 5.11 Å². The summed E-state index contributed by atoms with van der Waals surface area (Å²) in [4.78, 5) is 3.90. The van der Waals surface area contributed by atoms with Crippen molar-refractivity contribution in [3.05, 3.63) is 0 Å². The zero-order valence-electron chi connectivity index (χ0n) is 8.32. The standard InChI is InChI=1S/C8H17N5O/c1-6(5-14)3-2-4-10-8-11-7(9)12-13-8/h6,14H,2-5H2,1H3,(H4,9,10,11,12,13). The largest absolute Gasteiger partial charge is 0.396 e. The zero-order valence-corrected chi connectivity index (χ0v) is 8.32. The molecule has 0 saturated carbocycles. The van der Waals surface area contributed by atoms with E-state index >= 15 is 0 Å². The van der Waals surface area contributed by atoms with Gasteiger partial charge in [-0.25, -0.2) is 5.10 Å². The molecule has 14 heavy (non-hydrogen) atoms. The number of aliphatic hydroxyl groups excluding tert-OH is 1. The Labute approximate surface area is 82.9 Å². The van der Waals surface area contributed by atoms with Gasteiger partial charge in [-0.15, -0.1) is 5.10 Å². The second-order valence-electron chi connectivity index (χ2n) is 3.40. The monoisotopic (exact) mass is 199 g/mol. The fourth-order valence-corrected chi connectivity index (χ4v) is 1.10. The Morgan fingerprint density at radius 2 is 2.43 bits per heavy atom. The molecule has 0 aliphatic rings. The summed E-state index contributed by atoms with van der Waals surface area (Å²) in [6.45, 7) is 3.06. The molecule has 1 unspecified atom stereocenters. The number of nitrogen functional groups attached to an aromatic ring is 1. The number of nitrogens with zero attached hydrogens (tertiary/aromatic N) is 2. The van der Waals surface area contributed by atoms with Crippen molar-refractivity contribution in [3.8, 4) is 0 Å². The van der Waals surface area contributed by atoms with Gasteiger partial charge in [0.05, 0.1) is 0 Å². The normalized spacial score (nSPS) is 12.7. The van der Waals surface area contributed by atoms with E-state index in [1.165, 1.54) is 0 Å². The summed E-state index contributed by atoms with van der Waals surface area (Å²) < 4.78 is 0. The number of nitrogens with two attached hydrogens (primary N) is 1. The average molecular weight is 199 g/mol. The molecule has 80 valence electrons. The third kappa shape index (κ3) is 3.61. The molecule has 0 fully saturated rings. The maximum Gasteiger partial charge on any atom is 0.243 e. The van der Waals surface area contributed by atoms with Crippen LogP contribution < -0.4 is 11.1 Å². The lowest BCUT2D eigenvalue weighted by Gasteiger charge is -2.06. The number of anilines is 2. The molecule has 6 nitrogen and oxygen atoms in total. The first-order valence-electron chi connectivity index (χ1n) is 4.75. The smallest absolute Gasteiger partial charge is 0.243 e. The first-order valence-corrected chi connectivity index (χ1v) is 4.75. The van der Waals surface area contributed by atoms with Gasteiger partial charge in [0.15, 0.2) is 0 Å². The summed E-state index contributed by atoms with van der Waals surface area (Å²) >= 11 is 0. The summed E-state index contributed by atoms with van der Waals surface area (Å²) in [7, 11) is 0. The van der Waals surface area contributed by atoms with E-state index in [4.69, 9.17) is 10.8 Å². The maximum atomic E-state index is 8.79. The Morgan fingerprint density at radius 1 is 1.64 bits per heavy atom. The van der Waals surface area contributed by atoms with Gasteiger partial charge in [-0.2, -0.15) is 4.98 Å².